The first-order valence-electron chi connectivity index (χ1n) is 9.82. The van der Waals surface area contributed by atoms with Crippen LogP contribution in [0.3, 0.4) is 0 Å². The highest BCUT2D eigenvalue weighted by atomic mass is 32.2. The number of thioether (sulfide) groups is 1. The summed E-state index contributed by atoms with van der Waals surface area (Å²) in [7, 11) is 1.95. The van der Waals surface area contributed by atoms with Crippen molar-refractivity contribution >= 4 is 28.5 Å². The van der Waals surface area contributed by atoms with E-state index in [1.807, 2.05) is 24.3 Å². The van der Waals surface area contributed by atoms with E-state index in [1.54, 1.807) is 30.9 Å². The van der Waals surface area contributed by atoms with Crippen LogP contribution in [-0.4, -0.2) is 98.1 Å². The van der Waals surface area contributed by atoms with Crippen LogP contribution >= 0.6 is 11.8 Å². The van der Waals surface area contributed by atoms with Gasteiger partial charge in [-0.3, -0.25) is 9.00 Å². The predicted molar refractivity (Wildman–Crippen MR) is 118 cm³/mol. The van der Waals surface area contributed by atoms with E-state index in [4.69, 9.17) is 23.7 Å². The number of carbonyl (C=O) groups is 1. The highest BCUT2D eigenvalue weighted by molar-refractivity contribution is 8.00. The minimum atomic E-state index is -1.26. The summed E-state index contributed by atoms with van der Waals surface area (Å²) in [4.78, 5) is 14.4. The first-order valence-corrected chi connectivity index (χ1v) is 12.4. The quantitative estimate of drug-likeness (QED) is 0.363. The van der Waals surface area contributed by atoms with Crippen LogP contribution in [0.4, 0.5) is 0 Å². The lowest BCUT2D eigenvalue weighted by Crippen LogP contribution is -2.40. The zero-order valence-corrected chi connectivity index (χ0v) is 19.2. The lowest BCUT2D eigenvalue weighted by atomic mass is 10.3. The highest BCUT2D eigenvalue weighted by Gasteiger charge is 2.30. The van der Waals surface area contributed by atoms with Crippen molar-refractivity contribution in [2.75, 3.05) is 77.7 Å². The summed E-state index contributed by atoms with van der Waals surface area (Å²) in [6, 6.07) is 7.41. The summed E-state index contributed by atoms with van der Waals surface area (Å²) < 4.78 is 39.0. The van der Waals surface area contributed by atoms with Crippen molar-refractivity contribution in [2.24, 2.45) is 0 Å². The topological polar surface area (TPSA) is 83.5 Å². The van der Waals surface area contributed by atoms with Gasteiger partial charge in [-0.05, 0) is 12.1 Å². The number of nitrogens with zero attached hydrogens (tertiary/aromatic N) is 1. The fourth-order valence-electron chi connectivity index (χ4n) is 2.75. The number of hydrogen-bond acceptors (Lipinski definition) is 8. The minimum Gasteiger partial charge on any atom is -0.493 e. The molecule has 2 unspecified atom stereocenters. The summed E-state index contributed by atoms with van der Waals surface area (Å²) in [6.07, 6.45) is 0. The molecule has 0 spiro atoms. The molecular formula is C20H31NO7S2. The SMILES string of the molecule is COCCOCCOCCS(=O)CC(=O)N1CCSC1COc1ccccc1OC. The molecule has 0 N–H and O–H groups in total. The molecule has 1 amide bonds. The van der Waals surface area contributed by atoms with Gasteiger partial charge in [-0.25, -0.2) is 0 Å². The molecule has 1 saturated heterocycles. The number of benzene rings is 1. The van der Waals surface area contributed by atoms with Gasteiger partial charge in [0, 0.05) is 36.0 Å². The van der Waals surface area contributed by atoms with Crippen molar-refractivity contribution in [1.82, 2.24) is 4.90 Å². The van der Waals surface area contributed by atoms with Crippen LogP contribution in [0, 0.1) is 0 Å². The zero-order valence-electron chi connectivity index (χ0n) is 17.6. The van der Waals surface area contributed by atoms with E-state index in [-0.39, 0.29) is 17.0 Å². The van der Waals surface area contributed by atoms with Gasteiger partial charge in [0.05, 0.1) is 40.1 Å². The number of ether oxygens (including phenoxy) is 5. The number of para-hydroxylation sites is 2. The van der Waals surface area contributed by atoms with Crippen LogP contribution in [0.2, 0.25) is 0 Å². The van der Waals surface area contributed by atoms with Crippen LogP contribution in [0.5, 0.6) is 11.5 Å². The van der Waals surface area contributed by atoms with Crippen LogP contribution in [-0.2, 0) is 29.8 Å². The van der Waals surface area contributed by atoms with Gasteiger partial charge < -0.3 is 28.6 Å². The number of rotatable bonds is 15. The Morgan fingerprint density at radius 2 is 1.80 bits per heavy atom. The molecule has 1 fully saturated rings. The lowest BCUT2D eigenvalue weighted by molar-refractivity contribution is -0.128. The Morgan fingerprint density at radius 1 is 1.10 bits per heavy atom. The van der Waals surface area contributed by atoms with Crippen molar-refractivity contribution in [3.63, 3.8) is 0 Å². The monoisotopic (exact) mass is 461 g/mol. The zero-order chi connectivity index (χ0) is 21.6. The van der Waals surface area contributed by atoms with E-state index >= 15 is 0 Å². The average molecular weight is 462 g/mol. The van der Waals surface area contributed by atoms with E-state index in [1.165, 1.54) is 0 Å². The van der Waals surface area contributed by atoms with Gasteiger partial charge in [0.2, 0.25) is 5.91 Å². The van der Waals surface area contributed by atoms with Crippen molar-refractivity contribution in [2.45, 2.75) is 5.37 Å². The fourth-order valence-corrected chi connectivity index (χ4v) is 4.78. The molecule has 10 heteroatoms. The summed E-state index contributed by atoms with van der Waals surface area (Å²) in [5, 5.41) is -0.0973. The van der Waals surface area contributed by atoms with Crippen LogP contribution in [0.15, 0.2) is 24.3 Å². The molecular weight excluding hydrogens is 430 g/mol. The Kier molecular flexibility index (Phi) is 12.2. The molecule has 170 valence electrons. The molecule has 1 aliphatic rings. The average Bonchev–Trinajstić information content (AvgIpc) is 3.23. The third kappa shape index (κ3) is 8.81. The van der Waals surface area contributed by atoms with Crippen LogP contribution < -0.4 is 9.47 Å². The summed E-state index contributed by atoms with van der Waals surface area (Å²) in [5.74, 6) is 2.35. The van der Waals surface area contributed by atoms with Crippen molar-refractivity contribution in [3.8, 4) is 11.5 Å². The molecule has 0 aromatic heterocycles. The molecule has 0 radical (unpaired) electrons. The van der Waals surface area contributed by atoms with Gasteiger partial charge in [0.25, 0.3) is 0 Å². The Hall–Kier alpha value is -1.33. The second-order valence-corrected chi connectivity index (χ2v) is 9.24. The van der Waals surface area contributed by atoms with Crippen molar-refractivity contribution < 1.29 is 32.7 Å². The smallest absolute Gasteiger partial charge is 0.236 e. The van der Waals surface area contributed by atoms with E-state index in [0.29, 0.717) is 63.4 Å². The van der Waals surface area contributed by atoms with E-state index in [0.717, 1.165) is 5.75 Å². The standard InChI is InChI=1S/C20H31NO7S2/c1-24-8-9-26-10-11-27-12-14-30(23)16-19(22)21-7-13-29-20(21)15-28-18-6-4-3-5-17(18)25-2/h3-6,20H,7-16H2,1-2H3. The molecule has 30 heavy (non-hydrogen) atoms. The molecule has 0 aliphatic carbocycles. The van der Waals surface area contributed by atoms with Crippen molar-refractivity contribution in [3.05, 3.63) is 24.3 Å². The number of hydrogen-bond donors (Lipinski definition) is 0. The molecule has 0 saturated carbocycles. The fraction of sp³-hybridized carbons (Fsp3) is 0.650. The predicted octanol–water partition coefficient (Wildman–Crippen LogP) is 1.40. The molecule has 2 atom stereocenters. The maximum Gasteiger partial charge on any atom is 0.236 e. The number of methoxy groups -OCH3 is 2. The molecule has 1 heterocycles. The molecule has 0 bridgehead atoms. The van der Waals surface area contributed by atoms with E-state index in [9.17, 15) is 9.00 Å². The number of carbonyl (C=O) groups excluding carboxylic acids is 1. The molecule has 8 nitrogen and oxygen atoms in total. The summed E-state index contributed by atoms with van der Waals surface area (Å²) >= 11 is 1.66. The molecule has 2 rings (SSSR count). The van der Waals surface area contributed by atoms with Crippen molar-refractivity contribution in [1.29, 1.82) is 0 Å². The second-order valence-electron chi connectivity index (χ2n) is 6.38. The van der Waals surface area contributed by atoms with Crippen LogP contribution in [0.25, 0.3) is 0 Å². The van der Waals surface area contributed by atoms with Crippen LogP contribution in [0.1, 0.15) is 0 Å². The number of amides is 1. The van der Waals surface area contributed by atoms with Gasteiger partial charge in [-0.1, -0.05) is 12.1 Å². The third-order valence-electron chi connectivity index (χ3n) is 4.30. The highest BCUT2D eigenvalue weighted by Crippen LogP contribution is 2.29. The Bertz CT molecular complexity index is 662. The first kappa shape index (κ1) is 24.9. The van der Waals surface area contributed by atoms with Gasteiger partial charge in [-0.2, -0.15) is 0 Å². The second kappa shape index (κ2) is 14.6. The first-order chi connectivity index (χ1) is 14.7. The van der Waals surface area contributed by atoms with E-state index < -0.39 is 10.8 Å². The normalized spacial score (nSPS) is 17.1. The minimum absolute atomic E-state index is 0.000578. The molecule has 1 aromatic carbocycles. The maximum absolute atomic E-state index is 12.6. The summed E-state index contributed by atoms with van der Waals surface area (Å²) in [5.41, 5.74) is 0. The lowest BCUT2D eigenvalue weighted by Gasteiger charge is -2.24. The van der Waals surface area contributed by atoms with Gasteiger partial charge >= 0.3 is 0 Å². The maximum atomic E-state index is 12.6. The Balaban J connectivity index is 1.66. The largest absolute Gasteiger partial charge is 0.493 e. The van der Waals surface area contributed by atoms with Gasteiger partial charge in [0.15, 0.2) is 11.5 Å². The Morgan fingerprint density at radius 3 is 2.53 bits per heavy atom. The van der Waals surface area contributed by atoms with E-state index in [2.05, 4.69) is 0 Å². The molecule has 1 aromatic rings. The molecule has 1 aliphatic heterocycles. The van der Waals surface area contributed by atoms with Gasteiger partial charge in [0.1, 0.15) is 17.7 Å². The van der Waals surface area contributed by atoms with Gasteiger partial charge in [-0.15, -0.1) is 11.8 Å². The Labute approximate surface area is 185 Å². The third-order valence-corrected chi connectivity index (χ3v) is 6.69. The summed E-state index contributed by atoms with van der Waals surface area (Å²) in [6.45, 7) is 3.30.